The Hall–Kier alpha value is -1.59. The molecule has 0 aliphatic carbocycles. The molecule has 0 amide bonds. The van der Waals surface area contributed by atoms with Gasteiger partial charge in [0.1, 0.15) is 5.67 Å². The molecular weight excluding hydrogens is 264 g/mol. The molecule has 0 fully saturated rings. The Morgan fingerprint density at radius 3 is 2.26 bits per heavy atom. The van der Waals surface area contributed by atoms with E-state index in [1.807, 2.05) is 0 Å². The van der Waals surface area contributed by atoms with E-state index >= 15 is 0 Å². The fraction of sp³-hybridized carbons (Fsp3) is 0.462. The lowest BCUT2D eigenvalue weighted by atomic mass is 10.0. The van der Waals surface area contributed by atoms with E-state index < -0.39 is 37.3 Å². The molecule has 1 aromatic carbocycles. The SMILES string of the molecule is CC(F)(CCOC(=O)c1ccccc1)CC(F)(F)F. The highest BCUT2D eigenvalue weighted by Gasteiger charge is 2.39. The van der Waals surface area contributed by atoms with Crippen LogP contribution in [-0.2, 0) is 4.74 Å². The summed E-state index contributed by atoms with van der Waals surface area (Å²) in [4.78, 5) is 11.4. The first-order chi connectivity index (χ1) is 8.70. The summed E-state index contributed by atoms with van der Waals surface area (Å²) in [6.45, 7) is 0.452. The van der Waals surface area contributed by atoms with E-state index in [4.69, 9.17) is 4.74 Å². The van der Waals surface area contributed by atoms with Gasteiger partial charge < -0.3 is 4.74 Å². The number of ether oxygens (including phenoxy) is 1. The summed E-state index contributed by atoms with van der Waals surface area (Å²) in [5.74, 6) is -0.677. The number of rotatable bonds is 5. The van der Waals surface area contributed by atoms with Gasteiger partial charge in [-0.3, -0.25) is 0 Å². The average molecular weight is 278 g/mol. The van der Waals surface area contributed by atoms with Crippen LogP contribution in [0.1, 0.15) is 30.1 Å². The summed E-state index contributed by atoms with van der Waals surface area (Å²) in [5.41, 5.74) is -2.16. The van der Waals surface area contributed by atoms with E-state index in [0.717, 1.165) is 6.92 Å². The monoisotopic (exact) mass is 278 g/mol. The number of hydrogen-bond donors (Lipinski definition) is 0. The molecule has 0 N–H and O–H groups in total. The van der Waals surface area contributed by atoms with Gasteiger partial charge >= 0.3 is 12.1 Å². The molecule has 1 unspecified atom stereocenters. The van der Waals surface area contributed by atoms with Crippen molar-refractivity contribution in [3.63, 3.8) is 0 Å². The van der Waals surface area contributed by atoms with Crippen molar-refractivity contribution in [2.45, 2.75) is 31.6 Å². The maximum atomic E-state index is 13.5. The van der Waals surface area contributed by atoms with Gasteiger partial charge in [-0.05, 0) is 19.1 Å². The van der Waals surface area contributed by atoms with Crippen molar-refractivity contribution in [3.8, 4) is 0 Å². The number of hydrogen-bond acceptors (Lipinski definition) is 2. The summed E-state index contributed by atoms with van der Waals surface area (Å²) < 4.78 is 54.4. The van der Waals surface area contributed by atoms with Gasteiger partial charge in [0, 0.05) is 6.42 Å². The van der Waals surface area contributed by atoms with Crippen molar-refractivity contribution < 1.29 is 27.1 Å². The standard InChI is InChI=1S/C13H14F4O2/c1-12(14,9-13(15,16)17)7-8-19-11(18)10-5-3-2-4-6-10/h2-6H,7-9H2,1H3. The van der Waals surface area contributed by atoms with Gasteiger partial charge in [0.2, 0.25) is 0 Å². The van der Waals surface area contributed by atoms with E-state index in [0.29, 0.717) is 0 Å². The van der Waals surface area contributed by atoms with Crippen molar-refractivity contribution >= 4 is 5.97 Å². The number of halogens is 4. The van der Waals surface area contributed by atoms with Gasteiger partial charge in [-0.1, -0.05) is 18.2 Å². The third kappa shape index (κ3) is 6.22. The largest absolute Gasteiger partial charge is 0.462 e. The van der Waals surface area contributed by atoms with Crippen LogP contribution >= 0.6 is 0 Å². The molecule has 19 heavy (non-hydrogen) atoms. The van der Waals surface area contributed by atoms with Crippen molar-refractivity contribution in [1.82, 2.24) is 0 Å². The molecule has 0 saturated heterocycles. The normalized spacial score (nSPS) is 14.8. The Kier molecular flexibility index (Phi) is 4.91. The number of carbonyl (C=O) groups excluding carboxylic acids is 1. The van der Waals surface area contributed by atoms with Crippen LogP contribution in [-0.4, -0.2) is 24.4 Å². The second-order valence-electron chi connectivity index (χ2n) is 4.46. The maximum absolute atomic E-state index is 13.5. The molecule has 0 aromatic heterocycles. The Balaban J connectivity index is 2.40. The fourth-order valence-electron chi connectivity index (χ4n) is 1.52. The van der Waals surface area contributed by atoms with Gasteiger partial charge in [-0.25, -0.2) is 9.18 Å². The second kappa shape index (κ2) is 6.04. The third-order valence-corrected chi connectivity index (χ3v) is 2.44. The topological polar surface area (TPSA) is 26.3 Å². The second-order valence-corrected chi connectivity index (χ2v) is 4.46. The molecule has 0 bridgehead atoms. The lowest BCUT2D eigenvalue weighted by molar-refractivity contribution is -0.161. The molecule has 0 radical (unpaired) electrons. The molecule has 0 heterocycles. The minimum Gasteiger partial charge on any atom is -0.462 e. The molecule has 2 nitrogen and oxygen atoms in total. The van der Waals surface area contributed by atoms with Crippen molar-refractivity contribution in [2.24, 2.45) is 0 Å². The zero-order valence-electron chi connectivity index (χ0n) is 10.3. The Morgan fingerprint density at radius 2 is 1.74 bits per heavy atom. The van der Waals surface area contributed by atoms with Crippen LogP contribution < -0.4 is 0 Å². The van der Waals surface area contributed by atoms with Gasteiger partial charge in [-0.2, -0.15) is 13.2 Å². The van der Waals surface area contributed by atoms with Crippen LogP contribution in [0.4, 0.5) is 17.6 Å². The minimum absolute atomic E-state index is 0.277. The van der Waals surface area contributed by atoms with E-state index in [1.165, 1.54) is 12.1 Å². The molecule has 1 rings (SSSR count). The highest BCUT2D eigenvalue weighted by Crippen LogP contribution is 2.32. The lowest BCUT2D eigenvalue weighted by Gasteiger charge is -2.21. The van der Waals surface area contributed by atoms with Crippen LogP contribution in [0.25, 0.3) is 0 Å². The molecule has 106 valence electrons. The van der Waals surface area contributed by atoms with Gasteiger partial charge in [-0.15, -0.1) is 0 Å². The fourth-order valence-corrected chi connectivity index (χ4v) is 1.52. The third-order valence-electron chi connectivity index (χ3n) is 2.44. The van der Waals surface area contributed by atoms with Crippen molar-refractivity contribution in [1.29, 1.82) is 0 Å². The summed E-state index contributed by atoms with van der Waals surface area (Å²) in [6, 6.07) is 7.97. The molecule has 1 atom stereocenters. The molecular formula is C13H14F4O2. The zero-order valence-corrected chi connectivity index (χ0v) is 10.3. The Bertz CT molecular complexity index is 412. The van der Waals surface area contributed by atoms with E-state index in [2.05, 4.69) is 0 Å². The first-order valence-corrected chi connectivity index (χ1v) is 5.67. The van der Waals surface area contributed by atoms with Gasteiger partial charge in [0.05, 0.1) is 18.6 Å². The highest BCUT2D eigenvalue weighted by molar-refractivity contribution is 5.89. The summed E-state index contributed by atoms with van der Waals surface area (Å²) in [5, 5.41) is 0. The average Bonchev–Trinajstić information content (AvgIpc) is 2.26. The van der Waals surface area contributed by atoms with E-state index in [-0.39, 0.29) is 5.56 Å². The van der Waals surface area contributed by atoms with E-state index in [1.54, 1.807) is 18.2 Å². The number of esters is 1. The highest BCUT2D eigenvalue weighted by atomic mass is 19.4. The summed E-state index contributed by atoms with van der Waals surface area (Å²) in [7, 11) is 0. The zero-order chi connectivity index (χ0) is 14.5. The smallest absolute Gasteiger partial charge is 0.392 e. The predicted octanol–water partition coefficient (Wildman–Crippen LogP) is 3.91. The van der Waals surface area contributed by atoms with Crippen LogP contribution in [0, 0.1) is 0 Å². The van der Waals surface area contributed by atoms with Crippen LogP contribution in [0.5, 0.6) is 0 Å². The minimum atomic E-state index is -4.58. The predicted molar refractivity (Wildman–Crippen MR) is 61.5 cm³/mol. The van der Waals surface area contributed by atoms with E-state index in [9.17, 15) is 22.4 Å². The van der Waals surface area contributed by atoms with Gasteiger partial charge in [0.15, 0.2) is 0 Å². The molecule has 6 heteroatoms. The molecule has 0 aliphatic rings. The number of benzene rings is 1. The van der Waals surface area contributed by atoms with Gasteiger partial charge in [0.25, 0.3) is 0 Å². The first-order valence-electron chi connectivity index (χ1n) is 5.67. The lowest BCUT2D eigenvalue weighted by Crippen LogP contribution is -2.28. The Morgan fingerprint density at radius 1 is 1.16 bits per heavy atom. The van der Waals surface area contributed by atoms with Crippen molar-refractivity contribution in [3.05, 3.63) is 35.9 Å². The van der Waals surface area contributed by atoms with Crippen LogP contribution in [0.3, 0.4) is 0 Å². The molecule has 0 spiro atoms. The van der Waals surface area contributed by atoms with Crippen LogP contribution in [0.15, 0.2) is 30.3 Å². The quantitative estimate of drug-likeness (QED) is 0.603. The summed E-state index contributed by atoms with van der Waals surface area (Å²) >= 11 is 0. The Labute approximate surface area is 108 Å². The molecule has 0 saturated carbocycles. The molecule has 0 aliphatic heterocycles. The van der Waals surface area contributed by atoms with Crippen LogP contribution in [0.2, 0.25) is 0 Å². The summed E-state index contributed by atoms with van der Waals surface area (Å²) in [6.07, 6.45) is -6.62. The number of carbonyl (C=O) groups is 1. The first kappa shape index (κ1) is 15.5. The molecule has 1 aromatic rings. The number of alkyl halides is 4. The maximum Gasteiger partial charge on any atom is 0.392 e. The van der Waals surface area contributed by atoms with Crippen molar-refractivity contribution in [2.75, 3.05) is 6.61 Å².